The van der Waals surface area contributed by atoms with Gasteiger partial charge in [-0.05, 0) is 0 Å². The van der Waals surface area contributed by atoms with Gasteiger partial charge in [0.1, 0.15) is 11.4 Å². The van der Waals surface area contributed by atoms with Crippen molar-refractivity contribution in [1.29, 1.82) is 0 Å². The number of nitrogens with zero attached hydrogens (tertiary/aromatic N) is 4. The third kappa shape index (κ3) is 4.57. The second-order valence-corrected chi connectivity index (χ2v) is 6.49. The minimum atomic E-state index is -0.572. The average molecular weight is 376 g/mol. The van der Waals surface area contributed by atoms with E-state index in [1.165, 1.54) is 32.6 Å². The Hall–Kier alpha value is -3.50. The minimum Gasteiger partial charge on any atom is -0.496 e. The Morgan fingerprint density at radius 1 is 1.22 bits per heavy atom. The van der Waals surface area contributed by atoms with E-state index >= 15 is 0 Å². The fourth-order valence-corrected chi connectivity index (χ4v) is 2.19. The first-order valence-corrected chi connectivity index (χ1v) is 7.84. The van der Waals surface area contributed by atoms with E-state index in [2.05, 4.69) is 25.7 Å². The predicted molar refractivity (Wildman–Crippen MR) is 98.8 cm³/mol. The molecular weight excluding hydrogens is 356 g/mol. The minimum absolute atomic E-state index is 0.0335. The molecule has 0 radical (unpaired) electrons. The lowest BCUT2D eigenvalue weighted by molar-refractivity contribution is -0.385. The summed E-state index contributed by atoms with van der Waals surface area (Å²) < 4.78 is 10.2. The Bertz CT molecular complexity index is 932. The van der Waals surface area contributed by atoms with Gasteiger partial charge in [-0.15, -0.1) is 10.2 Å². The predicted octanol–water partition coefficient (Wildman–Crippen LogP) is 1.83. The van der Waals surface area contributed by atoms with Crippen LogP contribution in [0.4, 0.5) is 11.6 Å². The first-order chi connectivity index (χ1) is 12.7. The maximum absolute atomic E-state index is 12.1. The van der Waals surface area contributed by atoms with E-state index in [-0.39, 0.29) is 22.9 Å². The molecule has 144 valence electrons. The third-order valence-electron chi connectivity index (χ3n) is 3.51. The Balaban J connectivity index is 2.28. The van der Waals surface area contributed by atoms with Crippen LogP contribution in [0.3, 0.4) is 0 Å². The van der Waals surface area contributed by atoms with Crippen molar-refractivity contribution in [2.75, 3.05) is 19.6 Å². The molecule has 1 aromatic carbocycles. The molecule has 0 aliphatic rings. The SMILES string of the molecule is COc1cc(OC)c([N+](=O)[O-])cc1/C=N/Nc1nnc(C(C)(C)C)c(=O)[nH]1. The lowest BCUT2D eigenvalue weighted by Gasteiger charge is -2.15. The number of benzene rings is 1. The second kappa shape index (κ2) is 7.81. The average Bonchev–Trinajstić information content (AvgIpc) is 2.60. The van der Waals surface area contributed by atoms with E-state index in [1.54, 1.807) is 0 Å². The standard InChI is InChI=1S/C16H20N6O5/c1-16(2,3)13-14(23)18-15(21-19-13)20-17-8-9-6-10(22(24)25)12(27-5)7-11(9)26-4/h6-8H,1-5H3,(H2,18,20,21,23)/b17-8+. The van der Waals surface area contributed by atoms with Gasteiger partial charge in [-0.3, -0.25) is 19.9 Å². The highest BCUT2D eigenvalue weighted by Crippen LogP contribution is 2.33. The monoisotopic (exact) mass is 376 g/mol. The first kappa shape index (κ1) is 19.8. The summed E-state index contributed by atoms with van der Waals surface area (Å²) in [5, 5.41) is 22.8. The molecule has 0 unspecified atom stereocenters. The van der Waals surface area contributed by atoms with E-state index in [4.69, 9.17) is 9.47 Å². The highest BCUT2D eigenvalue weighted by molar-refractivity contribution is 5.86. The molecule has 0 aliphatic carbocycles. The van der Waals surface area contributed by atoms with E-state index in [9.17, 15) is 14.9 Å². The summed E-state index contributed by atoms with van der Waals surface area (Å²) in [6, 6.07) is 2.65. The molecule has 0 aliphatic heterocycles. The van der Waals surface area contributed by atoms with Gasteiger partial charge in [-0.1, -0.05) is 20.8 Å². The molecule has 2 N–H and O–H groups in total. The van der Waals surface area contributed by atoms with Crippen molar-refractivity contribution in [3.05, 3.63) is 43.9 Å². The van der Waals surface area contributed by atoms with Crippen LogP contribution in [0.15, 0.2) is 22.0 Å². The fourth-order valence-electron chi connectivity index (χ4n) is 2.19. The Morgan fingerprint density at radius 3 is 2.41 bits per heavy atom. The molecule has 2 rings (SSSR count). The van der Waals surface area contributed by atoms with Crippen molar-refractivity contribution < 1.29 is 14.4 Å². The molecule has 0 saturated heterocycles. The largest absolute Gasteiger partial charge is 0.496 e. The van der Waals surface area contributed by atoms with Crippen molar-refractivity contribution in [3.63, 3.8) is 0 Å². The number of aromatic nitrogens is 3. The number of anilines is 1. The van der Waals surface area contributed by atoms with Gasteiger partial charge in [-0.25, -0.2) is 5.43 Å². The molecule has 27 heavy (non-hydrogen) atoms. The highest BCUT2D eigenvalue weighted by Gasteiger charge is 2.21. The van der Waals surface area contributed by atoms with Crippen LogP contribution in [0.25, 0.3) is 0 Å². The summed E-state index contributed by atoms with van der Waals surface area (Å²) in [7, 11) is 2.74. The molecule has 0 saturated carbocycles. The normalized spacial score (nSPS) is 11.4. The molecular formula is C16H20N6O5. The summed E-state index contributed by atoms with van der Waals surface area (Å²) in [6.07, 6.45) is 1.29. The number of H-pyrrole nitrogens is 1. The number of hydrogen-bond donors (Lipinski definition) is 2. The maximum atomic E-state index is 12.1. The number of ether oxygens (including phenoxy) is 2. The molecule has 11 nitrogen and oxygen atoms in total. The number of nitro groups is 1. The van der Waals surface area contributed by atoms with Crippen molar-refractivity contribution in [2.24, 2.45) is 5.10 Å². The number of methoxy groups -OCH3 is 2. The molecule has 0 bridgehead atoms. The lowest BCUT2D eigenvalue weighted by Crippen LogP contribution is -2.28. The Labute approximate surface area is 154 Å². The van der Waals surface area contributed by atoms with Crippen molar-refractivity contribution >= 4 is 17.9 Å². The van der Waals surface area contributed by atoms with E-state index in [1.807, 2.05) is 20.8 Å². The zero-order chi connectivity index (χ0) is 20.2. The Morgan fingerprint density at radius 2 is 1.89 bits per heavy atom. The van der Waals surface area contributed by atoms with Crippen LogP contribution in [-0.2, 0) is 5.41 Å². The number of rotatable bonds is 6. The second-order valence-electron chi connectivity index (χ2n) is 6.49. The van der Waals surface area contributed by atoms with Gasteiger partial charge in [0.25, 0.3) is 5.56 Å². The summed E-state index contributed by atoms with van der Waals surface area (Å²) in [5.41, 5.74) is 2.09. The quantitative estimate of drug-likeness (QED) is 0.441. The lowest BCUT2D eigenvalue weighted by atomic mass is 9.93. The summed E-state index contributed by atoms with van der Waals surface area (Å²) in [6.45, 7) is 5.54. The van der Waals surface area contributed by atoms with Gasteiger partial charge in [-0.2, -0.15) is 5.10 Å². The number of nitrogens with one attached hydrogen (secondary N) is 2. The number of aromatic amines is 1. The molecule has 1 heterocycles. The van der Waals surface area contributed by atoms with Crippen molar-refractivity contribution in [1.82, 2.24) is 15.2 Å². The summed E-state index contributed by atoms with van der Waals surface area (Å²) in [5.74, 6) is 0.423. The van der Waals surface area contributed by atoms with Crippen molar-refractivity contribution in [2.45, 2.75) is 26.2 Å². The third-order valence-corrected chi connectivity index (χ3v) is 3.51. The van der Waals surface area contributed by atoms with E-state index < -0.39 is 10.3 Å². The topological polar surface area (TPSA) is 145 Å². The van der Waals surface area contributed by atoms with Crippen LogP contribution in [0.2, 0.25) is 0 Å². The van der Waals surface area contributed by atoms with Crippen LogP contribution in [-0.4, -0.2) is 40.5 Å². The van der Waals surface area contributed by atoms with Crippen LogP contribution in [0.1, 0.15) is 32.0 Å². The molecule has 0 spiro atoms. The van der Waals surface area contributed by atoms with Crippen molar-refractivity contribution in [3.8, 4) is 11.5 Å². The highest BCUT2D eigenvalue weighted by atomic mass is 16.6. The van der Waals surface area contributed by atoms with Gasteiger partial charge in [0, 0.05) is 23.1 Å². The molecule has 11 heteroatoms. The van der Waals surface area contributed by atoms with Gasteiger partial charge in [0.2, 0.25) is 11.7 Å². The molecule has 1 aromatic heterocycles. The van der Waals surface area contributed by atoms with Gasteiger partial charge < -0.3 is 9.47 Å². The maximum Gasteiger partial charge on any atom is 0.311 e. The number of nitro benzene ring substituents is 1. The zero-order valence-corrected chi connectivity index (χ0v) is 15.6. The number of hydrazone groups is 1. The number of hydrogen-bond acceptors (Lipinski definition) is 9. The van der Waals surface area contributed by atoms with Crippen LogP contribution >= 0.6 is 0 Å². The first-order valence-electron chi connectivity index (χ1n) is 7.84. The van der Waals surface area contributed by atoms with Crippen LogP contribution in [0.5, 0.6) is 11.5 Å². The Kier molecular flexibility index (Phi) is 5.73. The fraction of sp³-hybridized carbons (Fsp3) is 0.375. The molecule has 0 amide bonds. The molecule has 2 aromatic rings. The van der Waals surface area contributed by atoms with Gasteiger partial charge >= 0.3 is 5.69 Å². The van der Waals surface area contributed by atoms with Crippen LogP contribution in [0, 0.1) is 10.1 Å². The smallest absolute Gasteiger partial charge is 0.311 e. The summed E-state index contributed by atoms with van der Waals surface area (Å²) in [4.78, 5) is 25.2. The van der Waals surface area contributed by atoms with Crippen LogP contribution < -0.4 is 20.5 Å². The zero-order valence-electron chi connectivity index (χ0n) is 15.6. The van der Waals surface area contributed by atoms with E-state index in [0.29, 0.717) is 17.0 Å². The summed E-state index contributed by atoms with van der Waals surface area (Å²) >= 11 is 0. The molecule has 0 fully saturated rings. The van der Waals surface area contributed by atoms with Gasteiger partial charge in [0.15, 0.2) is 0 Å². The molecule has 0 atom stereocenters. The van der Waals surface area contributed by atoms with Gasteiger partial charge in [0.05, 0.1) is 25.4 Å². The van der Waals surface area contributed by atoms with E-state index in [0.717, 1.165) is 0 Å².